The van der Waals surface area contributed by atoms with Gasteiger partial charge >= 0.3 is 11.4 Å². The molecule has 0 aromatic heterocycles. The molecule has 54 valence electrons. The van der Waals surface area contributed by atoms with Crippen LogP contribution in [-0.2, 0) is 15.5 Å². The summed E-state index contributed by atoms with van der Waals surface area (Å²) < 4.78 is 22.3. The fourth-order valence-electron chi connectivity index (χ4n) is 0.303. The molecule has 0 bridgehead atoms. The summed E-state index contributed by atoms with van der Waals surface area (Å²) in [5, 5.41) is 8.07. The second-order valence-electron chi connectivity index (χ2n) is 1.33. The molecule has 0 saturated carbocycles. The molecule has 0 saturated heterocycles. The molecule has 0 amide bonds. The van der Waals surface area contributed by atoms with Crippen molar-refractivity contribution in [2.45, 2.75) is 12.5 Å². The fourth-order valence-corrected chi connectivity index (χ4v) is 0.625. The van der Waals surface area contributed by atoms with Crippen LogP contribution in [0.15, 0.2) is 0 Å². The lowest BCUT2D eigenvalue weighted by molar-refractivity contribution is 0.261. The third-order valence-corrected chi connectivity index (χ3v) is 1.06. The Kier molecular flexibility index (Phi) is 4.51. The third-order valence-electron chi connectivity index (χ3n) is 0.661. The van der Waals surface area contributed by atoms with Gasteiger partial charge in [0.15, 0.2) is 0 Å². The Morgan fingerprint density at radius 2 is 2.50 bits per heavy atom. The van der Waals surface area contributed by atoms with E-state index in [2.05, 4.69) is 4.18 Å². The maximum absolute atomic E-state index is 9.93. The number of nitriles is 1. The van der Waals surface area contributed by atoms with Gasteiger partial charge in [0.1, 0.15) is 6.10 Å². The highest BCUT2D eigenvalue weighted by Crippen LogP contribution is 1.96. The van der Waals surface area contributed by atoms with E-state index >= 15 is 0 Å². The summed E-state index contributed by atoms with van der Waals surface area (Å²) in [5.74, 6) is 2.04. The Morgan fingerprint density at radius 1 is 1.90 bits per heavy atom. The first-order chi connectivity index (χ1) is 4.70. The van der Waals surface area contributed by atoms with Gasteiger partial charge < -0.3 is 0 Å². The molecule has 0 aromatic carbocycles. The minimum Gasteiger partial charge on any atom is -0.284 e. The van der Waals surface area contributed by atoms with E-state index in [1.165, 1.54) is 0 Å². The number of hydrogen-bond donors (Lipinski definition) is 1. The van der Waals surface area contributed by atoms with Gasteiger partial charge in [0, 0.05) is 0 Å². The molecule has 0 spiro atoms. The molecular weight excluding hydrogens is 154 g/mol. The smallest absolute Gasteiger partial charge is 0.284 e. The van der Waals surface area contributed by atoms with Gasteiger partial charge in [-0.3, -0.25) is 8.74 Å². The topological polar surface area (TPSA) is 70.3 Å². The van der Waals surface area contributed by atoms with Crippen LogP contribution in [0.3, 0.4) is 0 Å². The van der Waals surface area contributed by atoms with Crippen LogP contribution < -0.4 is 0 Å². The summed E-state index contributed by atoms with van der Waals surface area (Å²) in [4.78, 5) is 0. The molecule has 0 rings (SSSR count). The molecule has 0 heterocycles. The first-order valence-corrected chi connectivity index (χ1v) is 3.35. The molecule has 2 atom stereocenters. The van der Waals surface area contributed by atoms with Crippen LogP contribution in [0.5, 0.6) is 0 Å². The van der Waals surface area contributed by atoms with Crippen LogP contribution in [0.25, 0.3) is 0 Å². The molecule has 1 N–H and O–H groups in total. The van der Waals surface area contributed by atoms with Crippen LogP contribution in [0.1, 0.15) is 6.42 Å². The average Bonchev–Trinajstić information content (AvgIpc) is 1.86. The van der Waals surface area contributed by atoms with E-state index in [1.54, 1.807) is 6.07 Å². The van der Waals surface area contributed by atoms with E-state index in [9.17, 15) is 4.21 Å². The van der Waals surface area contributed by atoms with Crippen LogP contribution in [0.4, 0.5) is 0 Å². The minimum atomic E-state index is -2.39. The molecule has 2 unspecified atom stereocenters. The van der Waals surface area contributed by atoms with Gasteiger partial charge in [-0.1, -0.05) is 5.92 Å². The van der Waals surface area contributed by atoms with Crippen molar-refractivity contribution in [3.63, 3.8) is 0 Å². The SMILES string of the molecule is C#CC(CC#N)OS(=O)O. The maximum Gasteiger partial charge on any atom is 0.303 e. The highest BCUT2D eigenvalue weighted by atomic mass is 32.2. The monoisotopic (exact) mass is 159 g/mol. The van der Waals surface area contributed by atoms with E-state index in [-0.39, 0.29) is 6.42 Å². The Bertz CT molecular complexity index is 202. The van der Waals surface area contributed by atoms with Crippen molar-refractivity contribution in [1.29, 1.82) is 5.26 Å². The molecule has 0 aliphatic heterocycles. The van der Waals surface area contributed by atoms with Crippen molar-refractivity contribution < 1.29 is 12.9 Å². The lowest BCUT2D eigenvalue weighted by Crippen LogP contribution is -2.10. The van der Waals surface area contributed by atoms with E-state index in [1.807, 2.05) is 5.92 Å². The van der Waals surface area contributed by atoms with Gasteiger partial charge in [-0.2, -0.15) is 9.47 Å². The molecule has 0 radical (unpaired) electrons. The number of rotatable bonds is 3. The van der Waals surface area contributed by atoms with Crippen LogP contribution >= 0.6 is 0 Å². The summed E-state index contributed by atoms with van der Waals surface area (Å²) in [5.41, 5.74) is 0. The van der Waals surface area contributed by atoms with Crippen LogP contribution in [-0.4, -0.2) is 14.9 Å². The van der Waals surface area contributed by atoms with Gasteiger partial charge in [-0.15, -0.1) is 6.42 Å². The molecule has 0 aliphatic carbocycles. The van der Waals surface area contributed by atoms with E-state index in [0.29, 0.717) is 0 Å². The summed E-state index contributed by atoms with van der Waals surface area (Å²) in [6.07, 6.45) is 3.86. The number of hydrogen-bond acceptors (Lipinski definition) is 3. The van der Waals surface area contributed by atoms with Crippen LogP contribution in [0.2, 0.25) is 0 Å². The average molecular weight is 159 g/mol. The van der Waals surface area contributed by atoms with Crippen molar-refractivity contribution in [2.24, 2.45) is 0 Å². The molecular formula is C5H5NO3S. The Labute approximate surface area is 61.3 Å². The predicted molar refractivity (Wildman–Crippen MR) is 34.7 cm³/mol. The third kappa shape index (κ3) is 4.04. The first-order valence-electron chi connectivity index (χ1n) is 2.31. The Balaban J connectivity index is 3.77. The molecule has 10 heavy (non-hydrogen) atoms. The number of terminal acetylenes is 1. The van der Waals surface area contributed by atoms with E-state index in [4.69, 9.17) is 16.2 Å². The van der Waals surface area contributed by atoms with E-state index in [0.717, 1.165) is 0 Å². The van der Waals surface area contributed by atoms with Crippen molar-refractivity contribution in [3.05, 3.63) is 0 Å². The number of nitrogens with zero attached hydrogens (tertiary/aromatic N) is 1. The standard InChI is InChI=1S/C5H5NO3S/c1-2-5(3-4-6)9-10(7)8/h1,5H,3H2,(H,7,8). The molecule has 5 heteroatoms. The normalized spacial score (nSPS) is 14.7. The lowest BCUT2D eigenvalue weighted by atomic mass is 10.3. The van der Waals surface area contributed by atoms with E-state index < -0.39 is 17.5 Å². The van der Waals surface area contributed by atoms with Gasteiger partial charge in [-0.05, 0) is 0 Å². The summed E-state index contributed by atoms with van der Waals surface area (Å²) >= 11 is -2.39. The maximum atomic E-state index is 9.93. The summed E-state index contributed by atoms with van der Waals surface area (Å²) in [7, 11) is 0. The Morgan fingerprint density at radius 3 is 2.80 bits per heavy atom. The summed E-state index contributed by atoms with van der Waals surface area (Å²) in [6.45, 7) is 0. The lowest BCUT2D eigenvalue weighted by Gasteiger charge is -2.00. The largest absolute Gasteiger partial charge is 0.303 e. The highest BCUT2D eigenvalue weighted by Gasteiger charge is 2.06. The molecule has 0 fully saturated rings. The zero-order valence-corrected chi connectivity index (χ0v) is 5.80. The quantitative estimate of drug-likeness (QED) is 0.466. The van der Waals surface area contributed by atoms with Crippen molar-refractivity contribution in [1.82, 2.24) is 0 Å². The van der Waals surface area contributed by atoms with Crippen molar-refractivity contribution >= 4 is 11.4 Å². The summed E-state index contributed by atoms with van der Waals surface area (Å²) in [6, 6.07) is 1.71. The minimum absolute atomic E-state index is 0.0806. The van der Waals surface area contributed by atoms with Gasteiger partial charge in [0.25, 0.3) is 0 Å². The first kappa shape index (κ1) is 9.12. The molecule has 0 aliphatic rings. The van der Waals surface area contributed by atoms with Crippen molar-refractivity contribution in [2.75, 3.05) is 0 Å². The Hall–Kier alpha value is -0.880. The predicted octanol–water partition coefficient (Wildman–Crippen LogP) is 0.0552. The van der Waals surface area contributed by atoms with Crippen LogP contribution in [0, 0.1) is 23.7 Å². The molecule has 4 nitrogen and oxygen atoms in total. The highest BCUT2D eigenvalue weighted by molar-refractivity contribution is 7.74. The zero-order valence-electron chi connectivity index (χ0n) is 4.98. The van der Waals surface area contributed by atoms with Gasteiger partial charge in [0.2, 0.25) is 0 Å². The fraction of sp³-hybridized carbons (Fsp3) is 0.400. The zero-order chi connectivity index (χ0) is 7.98. The van der Waals surface area contributed by atoms with Gasteiger partial charge in [-0.25, -0.2) is 0 Å². The second-order valence-corrected chi connectivity index (χ2v) is 1.96. The van der Waals surface area contributed by atoms with Crippen molar-refractivity contribution in [3.8, 4) is 18.4 Å². The second kappa shape index (κ2) is 4.95. The molecule has 0 aromatic rings. The van der Waals surface area contributed by atoms with Gasteiger partial charge in [0.05, 0.1) is 12.5 Å².